The molecule has 0 bridgehead atoms. The Labute approximate surface area is 142 Å². The van der Waals surface area contributed by atoms with Crippen molar-refractivity contribution in [1.82, 2.24) is 0 Å². The van der Waals surface area contributed by atoms with Crippen LogP contribution in [0, 0.1) is 15.5 Å². The van der Waals surface area contributed by atoms with Crippen LogP contribution in [0.4, 0.5) is 5.69 Å². The molecule has 1 aromatic rings. The predicted molar refractivity (Wildman–Crippen MR) is 90.7 cm³/mol. The number of rotatable bonds is 10. The van der Waals surface area contributed by atoms with Crippen molar-refractivity contribution in [2.75, 3.05) is 6.61 Å². The molecular weight excluding hydrogens is 310 g/mol. The van der Waals surface area contributed by atoms with Gasteiger partial charge in [0.2, 0.25) is 0 Å². The molecule has 0 spiro atoms. The zero-order valence-corrected chi connectivity index (χ0v) is 14.5. The Balaban J connectivity index is 3.10. The van der Waals surface area contributed by atoms with E-state index in [4.69, 9.17) is 4.74 Å². The summed E-state index contributed by atoms with van der Waals surface area (Å²) in [6.45, 7) is 5.28. The van der Waals surface area contributed by atoms with E-state index in [9.17, 15) is 19.7 Å². The van der Waals surface area contributed by atoms with E-state index in [-0.39, 0.29) is 30.9 Å². The maximum Gasteiger partial charge on any atom is 0.319 e. The second-order valence-corrected chi connectivity index (χ2v) is 5.85. The van der Waals surface area contributed by atoms with E-state index in [1.54, 1.807) is 25.1 Å². The standard InChI is InChI=1S/C18H25NO5/c1-4-6-12-18(14(3)20,17(21)24-5-2)13-11-15-9-7-8-10-16(15)19(22)23/h7-10H,4-6,11-13H2,1-3H3/t18-/m1/s1. The molecule has 0 amide bonds. The Morgan fingerprint density at radius 2 is 1.88 bits per heavy atom. The number of aryl methyl sites for hydroxylation is 1. The fourth-order valence-corrected chi connectivity index (χ4v) is 2.82. The first kappa shape index (κ1) is 19.8. The number of para-hydroxylation sites is 1. The molecular formula is C18H25NO5. The zero-order chi connectivity index (χ0) is 18.2. The van der Waals surface area contributed by atoms with Crippen molar-refractivity contribution in [3.05, 3.63) is 39.9 Å². The van der Waals surface area contributed by atoms with Gasteiger partial charge in [0.15, 0.2) is 0 Å². The summed E-state index contributed by atoms with van der Waals surface area (Å²) in [4.78, 5) is 35.5. The monoisotopic (exact) mass is 335 g/mol. The Bertz CT molecular complexity index is 599. The molecule has 132 valence electrons. The summed E-state index contributed by atoms with van der Waals surface area (Å²) in [5, 5.41) is 11.1. The molecule has 0 fully saturated rings. The molecule has 0 aliphatic heterocycles. The van der Waals surface area contributed by atoms with Crippen LogP contribution in [0.3, 0.4) is 0 Å². The molecule has 24 heavy (non-hydrogen) atoms. The van der Waals surface area contributed by atoms with Gasteiger partial charge in [-0.2, -0.15) is 0 Å². The van der Waals surface area contributed by atoms with Crippen molar-refractivity contribution in [3.63, 3.8) is 0 Å². The van der Waals surface area contributed by atoms with Gasteiger partial charge in [-0.1, -0.05) is 38.0 Å². The number of ketones is 1. The van der Waals surface area contributed by atoms with Crippen LogP contribution in [0.2, 0.25) is 0 Å². The van der Waals surface area contributed by atoms with Gasteiger partial charge in [0.05, 0.1) is 11.5 Å². The third-order valence-electron chi connectivity index (χ3n) is 4.31. The van der Waals surface area contributed by atoms with Crippen LogP contribution in [0.1, 0.15) is 52.0 Å². The first-order chi connectivity index (χ1) is 11.4. The minimum atomic E-state index is -1.23. The highest BCUT2D eigenvalue weighted by molar-refractivity contribution is 6.02. The quantitative estimate of drug-likeness (QED) is 0.280. The summed E-state index contributed by atoms with van der Waals surface area (Å²) >= 11 is 0. The number of nitrogens with zero attached hydrogens (tertiary/aromatic N) is 1. The van der Waals surface area contributed by atoms with Crippen molar-refractivity contribution < 1.29 is 19.2 Å². The van der Waals surface area contributed by atoms with Crippen LogP contribution in [-0.2, 0) is 20.7 Å². The first-order valence-corrected chi connectivity index (χ1v) is 8.29. The summed E-state index contributed by atoms with van der Waals surface area (Å²) in [6.07, 6.45) is 2.46. The number of hydrogen-bond acceptors (Lipinski definition) is 5. The molecule has 6 nitrogen and oxygen atoms in total. The number of carbonyl (C=O) groups is 2. The maximum absolute atomic E-state index is 12.5. The van der Waals surface area contributed by atoms with Crippen molar-refractivity contribution in [2.45, 2.75) is 52.9 Å². The third kappa shape index (κ3) is 4.63. The highest BCUT2D eigenvalue weighted by atomic mass is 16.6. The summed E-state index contributed by atoms with van der Waals surface area (Å²) in [6, 6.07) is 6.41. The van der Waals surface area contributed by atoms with Crippen LogP contribution < -0.4 is 0 Å². The molecule has 0 aromatic heterocycles. The third-order valence-corrected chi connectivity index (χ3v) is 4.31. The van der Waals surface area contributed by atoms with E-state index in [1.165, 1.54) is 13.0 Å². The zero-order valence-electron chi connectivity index (χ0n) is 14.5. The molecule has 0 N–H and O–H groups in total. The Morgan fingerprint density at radius 1 is 1.21 bits per heavy atom. The lowest BCUT2D eigenvalue weighted by Gasteiger charge is -2.29. The molecule has 1 aromatic carbocycles. The number of hydrogen-bond donors (Lipinski definition) is 0. The Hall–Kier alpha value is -2.24. The lowest BCUT2D eigenvalue weighted by Crippen LogP contribution is -2.40. The summed E-state index contributed by atoms with van der Waals surface area (Å²) in [5.41, 5.74) is -0.696. The normalized spacial score (nSPS) is 13.1. The second-order valence-electron chi connectivity index (χ2n) is 5.85. The van der Waals surface area contributed by atoms with Gasteiger partial charge in [-0.15, -0.1) is 0 Å². The van der Waals surface area contributed by atoms with Gasteiger partial charge < -0.3 is 4.74 Å². The number of nitro groups is 1. The van der Waals surface area contributed by atoms with E-state index < -0.39 is 16.3 Å². The molecule has 0 unspecified atom stereocenters. The fourth-order valence-electron chi connectivity index (χ4n) is 2.82. The molecule has 0 aliphatic rings. The number of ether oxygens (including phenoxy) is 1. The van der Waals surface area contributed by atoms with Gasteiger partial charge in [-0.25, -0.2) is 0 Å². The number of unbranched alkanes of at least 4 members (excludes halogenated alkanes) is 1. The number of esters is 1. The van der Waals surface area contributed by atoms with E-state index in [2.05, 4.69) is 0 Å². The van der Waals surface area contributed by atoms with Gasteiger partial charge >= 0.3 is 5.97 Å². The van der Waals surface area contributed by atoms with Crippen LogP contribution in [0.5, 0.6) is 0 Å². The van der Waals surface area contributed by atoms with Crippen molar-refractivity contribution in [2.24, 2.45) is 5.41 Å². The minimum Gasteiger partial charge on any atom is -0.465 e. The van der Waals surface area contributed by atoms with Gasteiger partial charge in [0.1, 0.15) is 11.2 Å². The van der Waals surface area contributed by atoms with E-state index in [0.29, 0.717) is 12.0 Å². The van der Waals surface area contributed by atoms with Crippen molar-refractivity contribution in [1.29, 1.82) is 0 Å². The average molecular weight is 335 g/mol. The van der Waals surface area contributed by atoms with Gasteiger partial charge in [-0.3, -0.25) is 19.7 Å². The maximum atomic E-state index is 12.5. The summed E-state index contributed by atoms with van der Waals surface area (Å²) < 4.78 is 5.14. The smallest absolute Gasteiger partial charge is 0.319 e. The van der Waals surface area contributed by atoms with Gasteiger partial charge in [0.25, 0.3) is 5.69 Å². The van der Waals surface area contributed by atoms with Crippen LogP contribution in [0.15, 0.2) is 24.3 Å². The number of Topliss-reactive ketones (excluding diaryl/α,β-unsaturated/α-hetero) is 1. The topological polar surface area (TPSA) is 86.5 Å². The number of benzene rings is 1. The molecule has 1 rings (SSSR count). The molecule has 0 aliphatic carbocycles. The van der Waals surface area contributed by atoms with Gasteiger partial charge in [-0.05, 0) is 33.1 Å². The Kier molecular flexibility index (Phi) is 7.55. The minimum absolute atomic E-state index is 0.00861. The highest BCUT2D eigenvalue weighted by Gasteiger charge is 2.43. The average Bonchev–Trinajstić information content (AvgIpc) is 2.55. The highest BCUT2D eigenvalue weighted by Crippen LogP contribution is 2.35. The first-order valence-electron chi connectivity index (χ1n) is 8.29. The van der Waals surface area contributed by atoms with Crippen molar-refractivity contribution in [3.8, 4) is 0 Å². The predicted octanol–water partition coefficient (Wildman–Crippen LogP) is 3.86. The van der Waals surface area contributed by atoms with Crippen LogP contribution in [-0.4, -0.2) is 23.3 Å². The second kappa shape index (κ2) is 9.15. The molecule has 0 saturated carbocycles. The molecule has 0 saturated heterocycles. The molecule has 0 heterocycles. The lowest BCUT2D eigenvalue weighted by atomic mass is 9.74. The van der Waals surface area contributed by atoms with Crippen LogP contribution in [0.25, 0.3) is 0 Å². The number of nitro benzene ring substituents is 1. The lowest BCUT2D eigenvalue weighted by molar-refractivity contribution is -0.385. The largest absolute Gasteiger partial charge is 0.465 e. The molecule has 1 atom stereocenters. The SMILES string of the molecule is CCCC[C@@](CCc1ccccc1[N+](=O)[O-])(C(C)=O)C(=O)OCC. The fraction of sp³-hybridized carbons (Fsp3) is 0.556. The molecule has 0 radical (unpaired) electrons. The van der Waals surface area contributed by atoms with E-state index in [1.807, 2.05) is 6.92 Å². The number of carbonyl (C=O) groups excluding carboxylic acids is 2. The summed E-state index contributed by atoms with van der Waals surface area (Å²) in [7, 11) is 0. The van der Waals surface area contributed by atoms with Gasteiger partial charge in [0, 0.05) is 11.6 Å². The summed E-state index contributed by atoms with van der Waals surface area (Å²) in [5.74, 6) is -0.766. The van der Waals surface area contributed by atoms with E-state index >= 15 is 0 Å². The Morgan fingerprint density at radius 3 is 2.42 bits per heavy atom. The molecule has 6 heteroatoms. The van der Waals surface area contributed by atoms with E-state index in [0.717, 1.165) is 12.8 Å². The van der Waals surface area contributed by atoms with Crippen LogP contribution >= 0.6 is 0 Å². The van der Waals surface area contributed by atoms with Crippen molar-refractivity contribution >= 4 is 17.4 Å².